The predicted octanol–water partition coefficient (Wildman–Crippen LogP) is 3.18. The molecule has 2 rings (SSSR count). The number of nitrogens with one attached hydrogen (secondary N) is 1. The Kier molecular flexibility index (Phi) is 4.31. The summed E-state index contributed by atoms with van der Waals surface area (Å²) >= 11 is 5.85. The Morgan fingerprint density at radius 1 is 1.38 bits per heavy atom. The number of benzene rings is 2. The Bertz CT molecular complexity index is 738. The third kappa shape index (κ3) is 3.07. The second-order valence-electron chi connectivity index (χ2n) is 4.11. The van der Waals surface area contributed by atoms with Crippen molar-refractivity contribution in [2.24, 2.45) is 0 Å². The average Bonchev–Trinajstić information content (AvgIpc) is 2.47. The zero-order chi connectivity index (χ0) is 15.4. The molecule has 5 nitrogen and oxygen atoms in total. The molecule has 6 heteroatoms. The van der Waals surface area contributed by atoms with Crippen LogP contribution < -0.4 is 10.1 Å². The summed E-state index contributed by atoms with van der Waals surface area (Å²) in [6, 6.07) is 11.0. The highest BCUT2D eigenvalue weighted by Crippen LogP contribution is 2.30. The molecule has 0 bridgehead atoms. The maximum atomic E-state index is 12.2. The molecule has 0 spiro atoms. The number of ether oxygens (including phenoxy) is 1. The van der Waals surface area contributed by atoms with Gasteiger partial charge in [-0.3, -0.25) is 4.79 Å². The van der Waals surface area contributed by atoms with Crippen molar-refractivity contribution < 1.29 is 14.6 Å². The number of nitriles is 1. The van der Waals surface area contributed by atoms with E-state index >= 15 is 0 Å². The first-order chi connectivity index (χ1) is 10.1. The Morgan fingerprint density at radius 3 is 2.81 bits per heavy atom. The van der Waals surface area contributed by atoms with Gasteiger partial charge in [-0.25, -0.2) is 0 Å². The number of hydrogen-bond acceptors (Lipinski definition) is 4. The molecule has 0 radical (unpaired) electrons. The molecule has 21 heavy (non-hydrogen) atoms. The van der Waals surface area contributed by atoms with Gasteiger partial charge >= 0.3 is 0 Å². The number of rotatable bonds is 3. The van der Waals surface area contributed by atoms with Gasteiger partial charge in [0.15, 0.2) is 11.5 Å². The molecule has 0 aliphatic rings. The summed E-state index contributed by atoms with van der Waals surface area (Å²) in [5.74, 6) is -0.641. The first kappa shape index (κ1) is 14.7. The van der Waals surface area contributed by atoms with E-state index in [1.165, 1.54) is 31.4 Å². The van der Waals surface area contributed by atoms with Crippen molar-refractivity contribution in [3.8, 4) is 17.6 Å². The number of hydrogen-bond donors (Lipinski definition) is 2. The zero-order valence-electron chi connectivity index (χ0n) is 11.1. The smallest absolute Gasteiger partial charge is 0.259 e. The van der Waals surface area contributed by atoms with Crippen LogP contribution in [0.3, 0.4) is 0 Å². The first-order valence-electron chi connectivity index (χ1n) is 5.93. The molecule has 106 valence electrons. The summed E-state index contributed by atoms with van der Waals surface area (Å²) < 4.78 is 4.95. The summed E-state index contributed by atoms with van der Waals surface area (Å²) in [6.07, 6.45) is 0. The molecule has 2 N–H and O–H groups in total. The number of nitrogens with zero attached hydrogens (tertiary/aromatic N) is 1. The van der Waals surface area contributed by atoms with E-state index in [4.69, 9.17) is 21.6 Å². The minimum absolute atomic E-state index is 0.0400. The average molecular weight is 303 g/mol. The maximum Gasteiger partial charge on any atom is 0.259 e. The first-order valence-corrected chi connectivity index (χ1v) is 6.31. The van der Waals surface area contributed by atoms with Gasteiger partial charge in [-0.2, -0.15) is 5.26 Å². The molecule has 0 aliphatic heterocycles. The van der Waals surface area contributed by atoms with Crippen molar-refractivity contribution in [3.05, 3.63) is 52.5 Å². The van der Waals surface area contributed by atoms with Gasteiger partial charge in [0.1, 0.15) is 6.07 Å². The fourth-order valence-electron chi connectivity index (χ4n) is 1.78. The Hall–Kier alpha value is -2.71. The molecule has 2 aromatic carbocycles. The lowest BCUT2D eigenvalue weighted by atomic mass is 10.1. The van der Waals surface area contributed by atoms with E-state index in [1.807, 2.05) is 6.07 Å². The molecule has 0 fully saturated rings. The number of methoxy groups -OCH3 is 1. The lowest BCUT2D eigenvalue weighted by Gasteiger charge is -2.10. The highest BCUT2D eigenvalue weighted by molar-refractivity contribution is 6.31. The van der Waals surface area contributed by atoms with Gasteiger partial charge in [0.2, 0.25) is 0 Å². The second-order valence-corrected chi connectivity index (χ2v) is 4.55. The van der Waals surface area contributed by atoms with Crippen LogP contribution in [0.5, 0.6) is 11.5 Å². The van der Waals surface area contributed by atoms with E-state index in [-0.39, 0.29) is 28.3 Å². The van der Waals surface area contributed by atoms with E-state index in [1.54, 1.807) is 12.1 Å². The number of carbonyl (C=O) groups is 1. The highest BCUT2D eigenvalue weighted by Gasteiger charge is 2.16. The number of carbonyl (C=O) groups excluding carboxylic acids is 1. The summed E-state index contributed by atoms with van der Waals surface area (Å²) in [6.45, 7) is 0. The molecule has 0 aliphatic carbocycles. The summed E-state index contributed by atoms with van der Waals surface area (Å²) in [7, 11) is 1.39. The van der Waals surface area contributed by atoms with Crippen LogP contribution in [0.1, 0.15) is 15.9 Å². The predicted molar refractivity (Wildman–Crippen MR) is 78.8 cm³/mol. The van der Waals surface area contributed by atoms with Crippen LogP contribution in [0.15, 0.2) is 36.4 Å². The lowest BCUT2D eigenvalue weighted by molar-refractivity contribution is 0.102. The second kappa shape index (κ2) is 6.16. The fraction of sp³-hybridized carbons (Fsp3) is 0.0667. The van der Waals surface area contributed by atoms with Crippen molar-refractivity contribution in [2.75, 3.05) is 12.4 Å². The van der Waals surface area contributed by atoms with E-state index in [2.05, 4.69) is 5.32 Å². The molecule has 0 saturated heterocycles. The van der Waals surface area contributed by atoms with E-state index in [0.29, 0.717) is 5.02 Å². The number of para-hydroxylation sites is 1. The molecular formula is C15H11ClN2O3. The lowest BCUT2D eigenvalue weighted by Crippen LogP contribution is -2.13. The molecule has 0 aromatic heterocycles. The number of phenolic OH excluding ortho intramolecular Hbond substituents is 1. The third-order valence-electron chi connectivity index (χ3n) is 2.81. The molecular weight excluding hydrogens is 292 g/mol. The van der Waals surface area contributed by atoms with Crippen molar-refractivity contribution in [1.82, 2.24) is 0 Å². The fourth-order valence-corrected chi connectivity index (χ4v) is 1.95. The monoisotopic (exact) mass is 302 g/mol. The highest BCUT2D eigenvalue weighted by atomic mass is 35.5. The number of anilines is 1. The normalized spacial score (nSPS) is 9.76. The van der Waals surface area contributed by atoms with Crippen LogP contribution in [0.4, 0.5) is 5.69 Å². The van der Waals surface area contributed by atoms with Gasteiger partial charge in [0.05, 0.1) is 23.9 Å². The Morgan fingerprint density at radius 2 is 2.14 bits per heavy atom. The minimum Gasteiger partial charge on any atom is -0.504 e. The Balaban J connectivity index is 2.35. The number of halogens is 1. The van der Waals surface area contributed by atoms with Gasteiger partial charge in [0.25, 0.3) is 5.91 Å². The number of phenols is 1. The summed E-state index contributed by atoms with van der Waals surface area (Å²) in [5.41, 5.74) is 0.588. The van der Waals surface area contributed by atoms with Crippen LogP contribution in [0.2, 0.25) is 5.02 Å². The quantitative estimate of drug-likeness (QED) is 0.912. The van der Waals surface area contributed by atoms with Crippen LogP contribution >= 0.6 is 11.6 Å². The van der Waals surface area contributed by atoms with E-state index in [0.717, 1.165) is 0 Å². The SMILES string of the molecule is COc1cccc(C(=O)Nc2cc(Cl)ccc2C#N)c1O. The van der Waals surface area contributed by atoms with E-state index in [9.17, 15) is 9.90 Å². The number of amides is 1. The van der Waals surface area contributed by atoms with Crippen molar-refractivity contribution in [3.63, 3.8) is 0 Å². The summed E-state index contributed by atoms with van der Waals surface area (Å²) in [5, 5.41) is 21.9. The molecule has 0 saturated carbocycles. The molecule has 0 atom stereocenters. The van der Waals surface area contributed by atoms with Gasteiger partial charge in [0, 0.05) is 5.02 Å². The van der Waals surface area contributed by atoms with E-state index < -0.39 is 5.91 Å². The zero-order valence-corrected chi connectivity index (χ0v) is 11.8. The molecule has 0 unspecified atom stereocenters. The van der Waals surface area contributed by atoms with Crippen LogP contribution in [-0.2, 0) is 0 Å². The van der Waals surface area contributed by atoms with Crippen molar-refractivity contribution in [2.45, 2.75) is 0 Å². The van der Waals surface area contributed by atoms with Crippen molar-refractivity contribution in [1.29, 1.82) is 5.26 Å². The third-order valence-corrected chi connectivity index (χ3v) is 3.05. The number of aromatic hydroxyl groups is 1. The van der Waals surface area contributed by atoms with Crippen LogP contribution in [-0.4, -0.2) is 18.1 Å². The topological polar surface area (TPSA) is 82.3 Å². The van der Waals surface area contributed by atoms with Gasteiger partial charge < -0.3 is 15.2 Å². The Labute approximate surface area is 126 Å². The molecule has 2 aromatic rings. The van der Waals surface area contributed by atoms with Gasteiger partial charge in [-0.1, -0.05) is 17.7 Å². The largest absolute Gasteiger partial charge is 0.504 e. The molecule has 0 heterocycles. The maximum absolute atomic E-state index is 12.2. The van der Waals surface area contributed by atoms with Crippen LogP contribution in [0.25, 0.3) is 0 Å². The van der Waals surface area contributed by atoms with Gasteiger partial charge in [-0.05, 0) is 30.3 Å². The molecule has 1 amide bonds. The van der Waals surface area contributed by atoms with Crippen LogP contribution in [0, 0.1) is 11.3 Å². The van der Waals surface area contributed by atoms with Gasteiger partial charge in [-0.15, -0.1) is 0 Å². The minimum atomic E-state index is -0.565. The summed E-state index contributed by atoms with van der Waals surface area (Å²) in [4.78, 5) is 12.2. The van der Waals surface area contributed by atoms with Crippen molar-refractivity contribution >= 4 is 23.2 Å². The standard InChI is InChI=1S/C15H11ClN2O3/c1-21-13-4-2-3-11(14(13)19)15(20)18-12-7-10(16)6-5-9(12)8-17/h2-7,19H,1H3,(H,18,20).